The van der Waals surface area contributed by atoms with Crippen molar-refractivity contribution in [3.8, 4) is 17.2 Å². The van der Waals surface area contributed by atoms with E-state index in [-0.39, 0.29) is 11.3 Å². The van der Waals surface area contributed by atoms with E-state index in [4.69, 9.17) is 14.2 Å². The summed E-state index contributed by atoms with van der Waals surface area (Å²) in [5, 5.41) is 11.4. The molecule has 0 spiro atoms. The van der Waals surface area contributed by atoms with Crippen LogP contribution in [0.4, 0.5) is 0 Å². The standard InChI is InChI=1S/C32H29N3O6/c36-30(24-9-12-26-27(19-24)40-18-17-39-26)28-29(35(32(38)31(28)37)15-4-14-34-16-13-33-21-34)23-7-10-25(11-8-23)41-20-22-5-2-1-3-6-22/h1-3,5-13,16,19,21,29,36H,4,14-15,17-18,20H2. The number of imidazole rings is 1. The molecule has 9 heteroatoms. The van der Waals surface area contributed by atoms with E-state index in [0.29, 0.717) is 67.7 Å². The van der Waals surface area contributed by atoms with Crippen LogP contribution in [0.15, 0.2) is 97.1 Å². The van der Waals surface area contributed by atoms with Gasteiger partial charge in [-0.1, -0.05) is 42.5 Å². The molecule has 3 aromatic carbocycles. The van der Waals surface area contributed by atoms with Gasteiger partial charge in [-0.2, -0.15) is 0 Å². The molecule has 208 valence electrons. The van der Waals surface area contributed by atoms with E-state index < -0.39 is 17.7 Å². The van der Waals surface area contributed by atoms with E-state index in [0.717, 1.165) is 5.56 Å². The van der Waals surface area contributed by atoms with Crippen molar-refractivity contribution in [3.05, 3.63) is 114 Å². The van der Waals surface area contributed by atoms with Gasteiger partial charge in [0.2, 0.25) is 0 Å². The zero-order valence-electron chi connectivity index (χ0n) is 22.3. The van der Waals surface area contributed by atoms with Gasteiger partial charge in [-0.15, -0.1) is 0 Å². The molecule has 3 heterocycles. The van der Waals surface area contributed by atoms with E-state index in [1.54, 1.807) is 30.7 Å². The molecular weight excluding hydrogens is 522 g/mol. The van der Waals surface area contributed by atoms with Crippen LogP contribution in [0.5, 0.6) is 17.2 Å². The highest BCUT2D eigenvalue weighted by atomic mass is 16.6. The number of Topliss-reactive ketones (excluding diaryl/α,β-unsaturated/α-hetero) is 1. The lowest BCUT2D eigenvalue weighted by molar-refractivity contribution is -0.139. The number of carbonyl (C=O) groups excluding carboxylic acids is 2. The number of aliphatic hydroxyl groups is 1. The summed E-state index contributed by atoms with van der Waals surface area (Å²) in [4.78, 5) is 32.3. The van der Waals surface area contributed by atoms with Crippen molar-refractivity contribution >= 4 is 17.4 Å². The van der Waals surface area contributed by atoms with Crippen LogP contribution >= 0.6 is 0 Å². The monoisotopic (exact) mass is 551 g/mol. The number of ketones is 1. The summed E-state index contributed by atoms with van der Waals surface area (Å²) >= 11 is 0. The van der Waals surface area contributed by atoms with Gasteiger partial charge in [-0.05, 0) is 47.9 Å². The van der Waals surface area contributed by atoms with Crippen molar-refractivity contribution in [3.63, 3.8) is 0 Å². The highest BCUT2D eigenvalue weighted by molar-refractivity contribution is 6.46. The number of amides is 1. The second-order valence-electron chi connectivity index (χ2n) is 9.85. The first-order chi connectivity index (χ1) is 20.1. The van der Waals surface area contributed by atoms with Gasteiger partial charge < -0.3 is 28.8 Å². The Bertz CT molecular complexity index is 1560. The maximum Gasteiger partial charge on any atom is 0.295 e. The number of benzene rings is 3. The summed E-state index contributed by atoms with van der Waals surface area (Å²) in [7, 11) is 0. The fraction of sp³-hybridized carbons (Fsp3) is 0.219. The molecule has 4 aromatic rings. The van der Waals surface area contributed by atoms with Gasteiger partial charge in [-0.25, -0.2) is 4.98 Å². The van der Waals surface area contributed by atoms with E-state index in [1.807, 2.05) is 65.4 Å². The molecule has 1 fully saturated rings. The van der Waals surface area contributed by atoms with Crippen molar-refractivity contribution in [1.82, 2.24) is 14.5 Å². The summed E-state index contributed by atoms with van der Waals surface area (Å²) in [6.07, 6.45) is 5.85. The molecule has 9 nitrogen and oxygen atoms in total. The van der Waals surface area contributed by atoms with Crippen molar-refractivity contribution in [2.24, 2.45) is 0 Å². The second-order valence-corrected chi connectivity index (χ2v) is 9.85. The molecule has 1 saturated heterocycles. The number of ether oxygens (including phenoxy) is 3. The largest absolute Gasteiger partial charge is 0.507 e. The van der Waals surface area contributed by atoms with Crippen molar-refractivity contribution in [1.29, 1.82) is 0 Å². The number of nitrogens with zero attached hydrogens (tertiary/aromatic N) is 3. The van der Waals surface area contributed by atoms with Gasteiger partial charge in [0.15, 0.2) is 11.5 Å². The molecule has 2 aliphatic heterocycles. The minimum absolute atomic E-state index is 0.0345. The first-order valence-corrected chi connectivity index (χ1v) is 13.5. The smallest absolute Gasteiger partial charge is 0.295 e. The molecule has 0 radical (unpaired) electrons. The molecule has 41 heavy (non-hydrogen) atoms. The maximum atomic E-state index is 13.4. The minimum Gasteiger partial charge on any atom is -0.507 e. The van der Waals surface area contributed by atoms with Crippen molar-refractivity contribution in [2.45, 2.75) is 25.6 Å². The summed E-state index contributed by atoms with van der Waals surface area (Å²) in [6, 6.07) is 21.4. The third-order valence-electron chi connectivity index (χ3n) is 7.17. The second kappa shape index (κ2) is 11.6. The normalized spacial score (nSPS) is 17.6. The molecule has 0 saturated carbocycles. The number of aliphatic hydroxyl groups excluding tert-OH is 1. The topological polar surface area (TPSA) is 103 Å². The average molecular weight is 552 g/mol. The molecule has 1 amide bonds. The van der Waals surface area contributed by atoms with Crippen molar-refractivity contribution < 1.29 is 28.9 Å². The molecule has 6 rings (SSSR count). The summed E-state index contributed by atoms with van der Waals surface area (Å²) in [5.74, 6) is 0.0635. The fourth-order valence-corrected chi connectivity index (χ4v) is 5.13. The van der Waals surface area contributed by atoms with Crippen LogP contribution in [0, 0.1) is 0 Å². The molecule has 0 bridgehead atoms. The van der Waals surface area contributed by atoms with Crippen LogP contribution in [0.2, 0.25) is 0 Å². The van der Waals surface area contributed by atoms with Crippen LogP contribution < -0.4 is 14.2 Å². The van der Waals surface area contributed by atoms with E-state index in [1.165, 1.54) is 4.90 Å². The molecular formula is C32H29N3O6. The Morgan fingerprint density at radius 3 is 2.49 bits per heavy atom. The number of hydrogen-bond acceptors (Lipinski definition) is 7. The molecule has 1 N–H and O–H groups in total. The Hall–Kier alpha value is -5.05. The van der Waals surface area contributed by atoms with Gasteiger partial charge in [0.05, 0.1) is 17.9 Å². The van der Waals surface area contributed by atoms with Crippen LogP contribution in [-0.2, 0) is 22.7 Å². The molecule has 1 unspecified atom stereocenters. The molecule has 0 aliphatic carbocycles. The number of likely N-dealkylation sites (tertiary alicyclic amines) is 1. The third-order valence-corrected chi connectivity index (χ3v) is 7.17. The third kappa shape index (κ3) is 5.51. The summed E-state index contributed by atoms with van der Waals surface area (Å²) < 4.78 is 19.1. The lowest BCUT2D eigenvalue weighted by Crippen LogP contribution is -2.31. The van der Waals surface area contributed by atoms with Crippen molar-refractivity contribution in [2.75, 3.05) is 19.8 Å². The lowest BCUT2D eigenvalue weighted by Gasteiger charge is -2.26. The maximum absolute atomic E-state index is 13.4. The number of rotatable bonds is 9. The SMILES string of the molecule is O=C1C(=O)N(CCCn2ccnc2)C(c2ccc(OCc3ccccc3)cc2)C1=C(O)c1ccc2c(c1)OCCO2. The highest BCUT2D eigenvalue weighted by Gasteiger charge is 2.45. The molecule has 2 aliphatic rings. The summed E-state index contributed by atoms with van der Waals surface area (Å²) in [5.41, 5.74) is 2.14. The Morgan fingerprint density at radius 1 is 0.951 bits per heavy atom. The highest BCUT2D eigenvalue weighted by Crippen LogP contribution is 2.41. The summed E-state index contributed by atoms with van der Waals surface area (Å²) in [6.45, 7) is 2.18. The predicted molar refractivity (Wildman–Crippen MR) is 151 cm³/mol. The van der Waals surface area contributed by atoms with Gasteiger partial charge in [-0.3, -0.25) is 9.59 Å². The Kier molecular flexibility index (Phi) is 7.40. The molecule has 1 aromatic heterocycles. The van der Waals surface area contributed by atoms with Gasteiger partial charge in [0.25, 0.3) is 11.7 Å². The predicted octanol–water partition coefficient (Wildman–Crippen LogP) is 4.75. The van der Waals surface area contributed by atoms with E-state index >= 15 is 0 Å². The lowest BCUT2D eigenvalue weighted by atomic mass is 9.95. The Balaban J connectivity index is 1.31. The average Bonchev–Trinajstić information content (AvgIpc) is 3.63. The number of aryl methyl sites for hydroxylation is 1. The van der Waals surface area contributed by atoms with Gasteiger partial charge in [0.1, 0.15) is 31.3 Å². The number of carbonyl (C=O) groups is 2. The quantitative estimate of drug-likeness (QED) is 0.182. The Labute approximate surface area is 237 Å². The first kappa shape index (κ1) is 26.2. The number of hydrogen-bond donors (Lipinski definition) is 1. The van der Waals surface area contributed by atoms with E-state index in [2.05, 4.69) is 4.98 Å². The number of fused-ring (bicyclic) bond motifs is 1. The van der Waals surface area contributed by atoms with Crippen LogP contribution in [-0.4, -0.2) is 51.0 Å². The minimum atomic E-state index is -0.769. The zero-order chi connectivity index (χ0) is 28.2. The Morgan fingerprint density at radius 2 is 1.73 bits per heavy atom. The van der Waals surface area contributed by atoms with Gasteiger partial charge >= 0.3 is 0 Å². The number of aromatic nitrogens is 2. The van der Waals surface area contributed by atoms with Gasteiger partial charge in [0, 0.05) is 31.0 Å². The molecule has 1 atom stereocenters. The fourth-order valence-electron chi connectivity index (χ4n) is 5.13. The van der Waals surface area contributed by atoms with Crippen LogP contribution in [0.25, 0.3) is 5.76 Å². The zero-order valence-corrected chi connectivity index (χ0v) is 22.3. The van der Waals surface area contributed by atoms with E-state index in [9.17, 15) is 14.7 Å². The first-order valence-electron chi connectivity index (χ1n) is 13.5. The van der Waals surface area contributed by atoms with Crippen LogP contribution in [0.1, 0.15) is 29.2 Å². The van der Waals surface area contributed by atoms with Crippen LogP contribution in [0.3, 0.4) is 0 Å².